The molecule has 108 valence electrons. The molecule has 0 aliphatic carbocycles. The van der Waals surface area contributed by atoms with Crippen LogP contribution in [0.3, 0.4) is 0 Å². The molecule has 1 atom stereocenters. The first-order valence-electron chi connectivity index (χ1n) is 6.67. The molecule has 1 aromatic carbocycles. The van der Waals surface area contributed by atoms with Crippen LogP contribution in [0, 0.1) is 11.7 Å². The van der Waals surface area contributed by atoms with Crippen LogP contribution in [0.25, 0.3) is 10.1 Å². The van der Waals surface area contributed by atoms with Gasteiger partial charge in [0.15, 0.2) is 0 Å². The zero-order chi connectivity index (χ0) is 14.5. The van der Waals surface area contributed by atoms with E-state index >= 15 is 0 Å². The van der Waals surface area contributed by atoms with Crippen molar-refractivity contribution in [1.82, 2.24) is 5.32 Å². The van der Waals surface area contributed by atoms with E-state index in [4.69, 9.17) is 0 Å². The number of thiophene rings is 1. The van der Waals surface area contributed by atoms with E-state index in [2.05, 4.69) is 28.2 Å². The summed E-state index contributed by atoms with van der Waals surface area (Å²) < 4.78 is 13.9. The van der Waals surface area contributed by atoms with Crippen molar-refractivity contribution in [1.29, 1.82) is 0 Å². The third kappa shape index (κ3) is 3.79. The summed E-state index contributed by atoms with van der Waals surface area (Å²) in [5, 5.41) is 4.83. The highest BCUT2D eigenvalue weighted by Gasteiger charge is 2.12. The molecule has 1 amide bonds. The Morgan fingerprint density at radius 3 is 2.95 bits per heavy atom. The fourth-order valence-electron chi connectivity index (χ4n) is 2.05. The molecule has 2 nitrogen and oxygen atoms in total. The molecule has 0 bridgehead atoms. The minimum Gasteiger partial charge on any atom is -0.351 e. The van der Waals surface area contributed by atoms with Crippen LogP contribution in [0.5, 0.6) is 0 Å². The first kappa shape index (κ1) is 15.4. The van der Waals surface area contributed by atoms with Gasteiger partial charge in [-0.1, -0.05) is 35.3 Å². The fraction of sp³-hybridized carbons (Fsp3) is 0.400. The summed E-state index contributed by atoms with van der Waals surface area (Å²) in [6.07, 6.45) is 2.10. The minimum absolute atomic E-state index is 0.0698. The first-order chi connectivity index (χ1) is 9.63. The van der Waals surface area contributed by atoms with Gasteiger partial charge in [-0.15, -0.1) is 11.3 Å². The Hall–Kier alpha value is -0.940. The number of fused-ring (bicyclic) bond motifs is 1. The molecule has 0 saturated heterocycles. The molecule has 0 aliphatic rings. The van der Waals surface area contributed by atoms with Crippen LogP contribution in [-0.4, -0.2) is 17.8 Å². The van der Waals surface area contributed by atoms with Gasteiger partial charge in [-0.05, 0) is 35.9 Å². The predicted molar refractivity (Wildman–Crippen MR) is 86.3 cm³/mol. The Morgan fingerprint density at radius 1 is 1.45 bits per heavy atom. The second-order valence-electron chi connectivity index (χ2n) is 4.75. The highest BCUT2D eigenvalue weighted by molar-refractivity contribution is 9.09. The Morgan fingerprint density at radius 2 is 2.25 bits per heavy atom. The average Bonchev–Trinajstić information content (AvgIpc) is 2.86. The molecule has 2 aromatic rings. The molecule has 0 fully saturated rings. The van der Waals surface area contributed by atoms with Gasteiger partial charge in [0, 0.05) is 16.6 Å². The van der Waals surface area contributed by atoms with Crippen molar-refractivity contribution >= 4 is 43.3 Å². The van der Waals surface area contributed by atoms with Crippen molar-refractivity contribution < 1.29 is 9.18 Å². The van der Waals surface area contributed by atoms with E-state index in [1.54, 1.807) is 6.07 Å². The van der Waals surface area contributed by atoms with Crippen LogP contribution in [0.2, 0.25) is 0 Å². The quantitative estimate of drug-likeness (QED) is 0.753. The van der Waals surface area contributed by atoms with Crippen molar-refractivity contribution in [2.24, 2.45) is 5.92 Å². The number of alkyl halides is 1. The molecule has 1 heterocycles. The molecule has 0 saturated carbocycles. The topological polar surface area (TPSA) is 29.1 Å². The van der Waals surface area contributed by atoms with Crippen LogP contribution >= 0.6 is 27.3 Å². The largest absolute Gasteiger partial charge is 0.351 e. The van der Waals surface area contributed by atoms with Gasteiger partial charge in [0.2, 0.25) is 0 Å². The monoisotopic (exact) mass is 357 g/mol. The zero-order valence-electron chi connectivity index (χ0n) is 11.3. The van der Waals surface area contributed by atoms with Crippen molar-refractivity contribution in [3.05, 3.63) is 35.0 Å². The van der Waals surface area contributed by atoms with Gasteiger partial charge in [0.05, 0.1) is 4.88 Å². The number of hydrogen-bond donors (Lipinski definition) is 1. The number of rotatable bonds is 6. The maximum absolute atomic E-state index is 13.1. The summed E-state index contributed by atoms with van der Waals surface area (Å²) in [7, 11) is 0. The number of carbonyl (C=O) groups excluding carboxylic acids is 1. The van der Waals surface area contributed by atoms with Crippen molar-refractivity contribution in [3.8, 4) is 0 Å². The number of carbonyl (C=O) groups is 1. The molecule has 0 spiro atoms. The third-order valence-electron chi connectivity index (χ3n) is 3.35. The van der Waals surface area contributed by atoms with Gasteiger partial charge in [-0.2, -0.15) is 0 Å². The van der Waals surface area contributed by atoms with E-state index in [-0.39, 0.29) is 11.7 Å². The van der Waals surface area contributed by atoms with Crippen molar-refractivity contribution in [2.45, 2.75) is 19.8 Å². The lowest BCUT2D eigenvalue weighted by molar-refractivity contribution is 0.0950. The van der Waals surface area contributed by atoms with Crippen LogP contribution in [-0.2, 0) is 0 Å². The van der Waals surface area contributed by atoms with Gasteiger partial charge < -0.3 is 5.32 Å². The van der Waals surface area contributed by atoms with Crippen LogP contribution in [0.15, 0.2) is 24.3 Å². The lowest BCUT2D eigenvalue weighted by Crippen LogP contribution is -2.28. The smallest absolute Gasteiger partial charge is 0.261 e. The molecular weight excluding hydrogens is 341 g/mol. The molecule has 2 rings (SSSR count). The summed E-state index contributed by atoms with van der Waals surface area (Å²) in [5.74, 6) is 0.152. The Kier molecular flexibility index (Phi) is 5.54. The number of hydrogen-bond acceptors (Lipinski definition) is 2. The zero-order valence-corrected chi connectivity index (χ0v) is 13.7. The third-order valence-corrected chi connectivity index (χ3v) is 4.91. The van der Waals surface area contributed by atoms with E-state index in [0.29, 0.717) is 17.3 Å². The van der Waals surface area contributed by atoms with E-state index in [9.17, 15) is 9.18 Å². The standard InChI is InChI=1S/C15H17BrFNOS/c1-2-10(5-6-16)9-18-15(19)14-7-11-3-4-12(17)8-13(11)20-14/h3-4,7-8,10H,2,5-6,9H2,1H3,(H,18,19). The van der Waals surface area contributed by atoms with E-state index in [1.165, 1.54) is 23.5 Å². The Bertz CT molecular complexity index is 599. The highest BCUT2D eigenvalue weighted by Crippen LogP contribution is 2.26. The number of halogens is 2. The number of amides is 1. The predicted octanol–water partition coefficient (Wildman–Crippen LogP) is 4.58. The second kappa shape index (κ2) is 7.18. The van der Waals surface area contributed by atoms with E-state index < -0.39 is 0 Å². The van der Waals surface area contributed by atoms with Gasteiger partial charge in [0.1, 0.15) is 5.82 Å². The molecule has 1 unspecified atom stereocenters. The maximum atomic E-state index is 13.1. The minimum atomic E-state index is -0.269. The molecule has 0 aliphatic heterocycles. The van der Waals surface area contributed by atoms with Gasteiger partial charge in [-0.25, -0.2) is 4.39 Å². The SMILES string of the molecule is CCC(CCBr)CNC(=O)c1cc2ccc(F)cc2s1. The normalized spacial score (nSPS) is 12.6. The molecule has 1 aromatic heterocycles. The number of nitrogens with one attached hydrogen (secondary N) is 1. The molecule has 20 heavy (non-hydrogen) atoms. The fourth-order valence-corrected chi connectivity index (χ4v) is 3.70. The van der Waals surface area contributed by atoms with Crippen LogP contribution in [0.1, 0.15) is 29.4 Å². The van der Waals surface area contributed by atoms with Gasteiger partial charge >= 0.3 is 0 Å². The summed E-state index contributed by atoms with van der Waals surface area (Å²) >= 11 is 4.76. The van der Waals surface area contributed by atoms with Crippen LogP contribution < -0.4 is 5.32 Å². The summed E-state index contributed by atoms with van der Waals surface area (Å²) in [6.45, 7) is 2.81. The maximum Gasteiger partial charge on any atom is 0.261 e. The molecular formula is C15H17BrFNOS. The Labute approximate surface area is 130 Å². The lowest BCUT2D eigenvalue weighted by atomic mass is 10.0. The van der Waals surface area contributed by atoms with E-state index in [0.717, 1.165) is 28.3 Å². The van der Waals surface area contributed by atoms with Crippen molar-refractivity contribution in [2.75, 3.05) is 11.9 Å². The Balaban J connectivity index is 2.03. The van der Waals surface area contributed by atoms with Crippen molar-refractivity contribution in [3.63, 3.8) is 0 Å². The summed E-state index contributed by atoms with van der Waals surface area (Å²) in [4.78, 5) is 12.8. The first-order valence-corrected chi connectivity index (χ1v) is 8.61. The highest BCUT2D eigenvalue weighted by atomic mass is 79.9. The molecule has 1 N–H and O–H groups in total. The summed E-state index contributed by atoms with van der Waals surface area (Å²) in [5.41, 5.74) is 0. The summed E-state index contributed by atoms with van der Waals surface area (Å²) in [6, 6.07) is 6.41. The van der Waals surface area contributed by atoms with Crippen LogP contribution in [0.4, 0.5) is 4.39 Å². The lowest BCUT2D eigenvalue weighted by Gasteiger charge is -2.13. The second-order valence-corrected chi connectivity index (χ2v) is 6.63. The van der Waals surface area contributed by atoms with E-state index in [1.807, 2.05) is 6.07 Å². The number of benzene rings is 1. The average molecular weight is 358 g/mol. The molecule has 5 heteroatoms. The van der Waals surface area contributed by atoms with Gasteiger partial charge in [-0.3, -0.25) is 4.79 Å². The van der Waals surface area contributed by atoms with Gasteiger partial charge in [0.25, 0.3) is 5.91 Å². The molecule has 0 radical (unpaired) electrons.